The maximum atomic E-state index is 12.5. The molecule has 7 heteroatoms. The number of benzene rings is 1. The Morgan fingerprint density at radius 2 is 2.00 bits per heavy atom. The second-order valence-electron chi connectivity index (χ2n) is 8.26. The maximum absolute atomic E-state index is 12.5. The van der Waals surface area contributed by atoms with E-state index in [0.717, 1.165) is 43.7 Å². The second-order valence-corrected chi connectivity index (χ2v) is 8.26. The lowest BCUT2D eigenvalue weighted by atomic mass is 9.65. The van der Waals surface area contributed by atoms with Crippen LogP contribution in [-0.2, 0) is 5.41 Å². The van der Waals surface area contributed by atoms with E-state index in [-0.39, 0.29) is 17.5 Å². The number of methoxy groups -OCH3 is 2. The summed E-state index contributed by atoms with van der Waals surface area (Å²) < 4.78 is 11.0. The van der Waals surface area contributed by atoms with Gasteiger partial charge in [-0.15, -0.1) is 0 Å². The van der Waals surface area contributed by atoms with Gasteiger partial charge in [-0.05, 0) is 69.1 Å². The number of aromatic nitrogens is 1. The predicted octanol–water partition coefficient (Wildman–Crippen LogP) is 3.41. The number of hydrogen-bond acceptors (Lipinski definition) is 5. The topological polar surface area (TPSA) is 75.7 Å². The second kappa shape index (κ2) is 8.52. The average Bonchev–Trinajstić information content (AvgIpc) is 3.11. The molecule has 2 N–H and O–H groups in total. The molecular formula is C23H30N4O3. The normalized spacial score (nSPS) is 26.0. The summed E-state index contributed by atoms with van der Waals surface area (Å²) in [6.45, 7) is 1.05. The molecule has 1 aliphatic heterocycles. The molecule has 1 saturated carbocycles. The van der Waals surface area contributed by atoms with Gasteiger partial charge in [-0.2, -0.15) is 0 Å². The van der Waals surface area contributed by atoms with Crippen molar-refractivity contribution < 1.29 is 14.3 Å². The third-order valence-corrected chi connectivity index (χ3v) is 6.73. The highest BCUT2D eigenvalue weighted by molar-refractivity contribution is 5.88. The van der Waals surface area contributed by atoms with Crippen molar-refractivity contribution in [3.8, 4) is 11.5 Å². The van der Waals surface area contributed by atoms with E-state index < -0.39 is 0 Å². The number of carbonyl (C=O) groups is 1. The fourth-order valence-corrected chi connectivity index (χ4v) is 5.17. The molecule has 7 nitrogen and oxygen atoms in total. The zero-order chi connectivity index (χ0) is 21.1. The van der Waals surface area contributed by atoms with E-state index in [1.807, 2.05) is 18.2 Å². The number of carbonyl (C=O) groups excluding carboxylic acids is 1. The molecule has 0 spiro atoms. The molecule has 0 bridgehead atoms. The minimum Gasteiger partial charge on any atom is -0.493 e. The third-order valence-electron chi connectivity index (χ3n) is 6.73. The van der Waals surface area contributed by atoms with Gasteiger partial charge >= 0.3 is 6.03 Å². The van der Waals surface area contributed by atoms with Crippen molar-refractivity contribution in [1.29, 1.82) is 0 Å². The van der Waals surface area contributed by atoms with Crippen LogP contribution in [0.5, 0.6) is 11.5 Å². The number of nitrogens with zero attached hydrogens (tertiary/aromatic N) is 2. The summed E-state index contributed by atoms with van der Waals surface area (Å²) in [7, 11) is 5.52. The summed E-state index contributed by atoms with van der Waals surface area (Å²) in [5.74, 6) is 2.08. The largest absolute Gasteiger partial charge is 0.493 e. The number of amides is 2. The van der Waals surface area contributed by atoms with Crippen molar-refractivity contribution in [3.63, 3.8) is 0 Å². The number of likely N-dealkylation sites (N-methyl/N-ethyl adjacent to an activating group) is 1. The molecule has 0 radical (unpaired) electrons. The monoisotopic (exact) mass is 410 g/mol. The maximum Gasteiger partial charge on any atom is 0.320 e. The Balaban J connectivity index is 1.49. The van der Waals surface area contributed by atoms with E-state index in [1.165, 1.54) is 5.56 Å². The standard InChI is InChI=1S/C23H30N4O3/c1-27-13-11-23(16-7-8-18(29-2)19(14-16)30-3)10-9-17(15-20(23)27)25-22(28)26-21-6-4-5-12-24-21/h4-8,12,14,17,20H,9-11,13,15H2,1-3H3,(H2,24,25,26,28). The summed E-state index contributed by atoms with van der Waals surface area (Å²) in [5.41, 5.74) is 1.37. The van der Waals surface area contributed by atoms with Crippen LogP contribution in [0.1, 0.15) is 31.2 Å². The van der Waals surface area contributed by atoms with Gasteiger partial charge in [-0.25, -0.2) is 9.78 Å². The number of pyridine rings is 1. The molecule has 2 aromatic rings. The number of anilines is 1. The molecule has 1 aliphatic carbocycles. The molecule has 2 heterocycles. The molecule has 2 amide bonds. The molecule has 2 aliphatic rings. The smallest absolute Gasteiger partial charge is 0.320 e. The Kier molecular flexibility index (Phi) is 5.81. The highest BCUT2D eigenvalue weighted by Crippen LogP contribution is 2.49. The summed E-state index contributed by atoms with van der Waals surface area (Å²) >= 11 is 0. The van der Waals surface area contributed by atoms with E-state index in [9.17, 15) is 4.79 Å². The van der Waals surface area contributed by atoms with Crippen LogP contribution in [0.3, 0.4) is 0 Å². The minimum absolute atomic E-state index is 0.0734. The predicted molar refractivity (Wildman–Crippen MR) is 116 cm³/mol. The van der Waals surface area contributed by atoms with Crippen LogP contribution in [0.25, 0.3) is 0 Å². The van der Waals surface area contributed by atoms with E-state index >= 15 is 0 Å². The Bertz CT molecular complexity index is 891. The van der Waals surface area contributed by atoms with Gasteiger partial charge in [0, 0.05) is 23.7 Å². The first-order chi connectivity index (χ1) is 14.6. The molecule has 160 valence electrons. The lowest BCUT2D eigenvalue weighted by Crippen LogP contribution is -2.52. The number of likely N-dealkylation sites (tertiary alicyclic amines) is 1. The number of urea groups is 1. The van der Waals surface area contributed by atoms with Gasteiger partial charge in [-0.1, -0.05) is 12.1 Å². The third kappa shape index (κ3) is 3.81. The first kappa shape index (κ1) is 20.5. The first-order valence-electron chi connectivity index (χ1n) is 10.5. The highest BCUT2D eigenvalue weighted by atomic mass is 16.5. The van der Waals surface area contributed by atoms with E-state index in [1.54, 1.807) is 26.5 Å². The van der Waals surface area contributed by atoms with Crippen molar-refractivity contribution in [2.45, 2.75) is 43.2 Å². The summed E-state index contributed by atoms with van der Waals surface area (Å²) in [4.78, 5) is 19.0. The summed E-state index contributed by atoms with van der Waals surface area (Å²) in [6.07, 6.45) is 5.65. The number of rotatable bonds is 5. The fraction of sp³-hybridized carbons (Fsp3) is 0.478. The zero-order valence-corrected chi connectivity index (χ0v) is 17.9. The number of ether oxygens (including phenoxy) is 2. The van der Waals surface area contributed by atoms with Gasteiger partial charge in [-0.3, -0.25) is 5.32 Å². The molecule has 3 atom stereocenters. The number of nitrogens with one attached hydrogen (secondary N) is 2. The average molecular weight is 411 g/mol. The van der Waals surface area contributed by atoms with Gasteiger partial charge in [0.05, 0.1) is 14.2 Å². The highest BCUT2D eigenvalue weighted by Gasteiger charge is 2.50. The molecule has 30 heavy (non-hydrogen) atoms. The molecule has 2 fully saturated rings. The lowest BCUT2D eigenvalue weighted by Gasteiger charge is -2.45. The Morgan fingerprint density at radius 1 is 1.17 bits per heavy atom. The fourth-order valence-electron chi connectivity index (χ4n) is 5.17. The van der Waals surface area contributed by atoms with Crippen molar-refractivity contribution in [3.05, 3.63) is 48.2 Å². The lowest BCUT2D eigenvalue weighted by molar-refractivity contribution is 0.156. The van der Waals surface area contributed by atoms with Crippen molar-refractivity contribution in [2.75, 3.05) is 33.1 Å². The van der Waals surface area contributed by atoms with Crippen molar-refractivity contribution >= 4 is 11.8 Å². The Morgan fingerprint density at radius 3 is 2.73 bits per heavy atom. The quantitative estimate of drug-likeness (QED) is 0.790. The Hall–Kier alpha value is -2.80. The first-order valence-corrected chi connectivity index (χ1v) is 10.5. The van der Waals surface area contributed by atoms with E-state index in [0.29, 0.717) is 11.9 Å². The van der Waals surface area contributed by atoms with Gasteiger partial charge < -0.3 is 19.7 Å². The summed E-state index contributed by atoms with van der Waals surface area (Å²) in [6, 6.07) is 12.1. The van der Waals surface area contributed by atoms with Crippen LogP contribution in [0, 0.1) is 0 Å². The van der Waals surface area contributed by atoms with Crippen LogP contribution in [0.15, 0.2) is 42.6 Å². The molecule has 1 saturated heterocycles. The van der Waals surface area contributed by atoms with Crippen LogP contribution in [0.2, 0.25) is 0 Å². The van der Waals surface area contributed by atoms with Gasteiger partial charge in [0.15, 0.2) is 11.5 Å². The molecule has 4 rings (SSSR count). The molecule has 1 aromatic carbocycles. The molecule has 3 unspecified atom stereocenters. The van der Waals surface area contributed by atoms with E-state index in [4.69, 9.17) is 9.47 Å². The number of fused-ring (bicyclic) bond motifs is 1. The Labute approximate surface area is 177 Å². The van der Waals surface area contributed by atoms with Gasteiger partial charge in [0.2, 0.25) is 0 Å². The summed E-state index contributed by atoms with van der Waals surface area (Å²) in [5, 5.41) is 5.97. The SMILES string of the molecule is COc1ccc(C23CCC(NC(=O)Nc4ccccn4)CC2N(C)CC3)cc1OC. The van der Waals surface area contributed by atoms with Crippen LogP contribution in [-0.4, -0.2) is 55.8 Å². The molecular weight excluding hydrogens is 380 g/mol. The van der Waals surface area contributed by atoms with Gasteiger partial charge in [0.1, 0.15) is 5.82 Å². The molecule has 1 aromatic heterocycles. The van der Waals surface area contributed by atoms with Gasteiger partial charge in [0.25, 0.3) is 0 Å². The van der Waals surface area contributed by atoms with Crippen molar-refractivity contribution in [2.24, 2.45) is 0 Å². The van der Waals surface area contributed by atoms with E-state index in [2.05, 4.69) is 39.7 Å². The van der Waals surface area contributed by atoms with Crippen molar-refractivity contribution in [1.82, 2.24) is 15.2 Å². The van der Waals surface area contributed by atoms with Crippen LogP contribution in [0.4, 0.5) is 10.6 Å². The minimum atomic E-state index is -0.196. The van der Waals surface area contributed by atoms with Crippen LogP contribution >= 0.6 is 0 Å². The zero-order valence-electron chi connectivity index (χ0n) is 17.9. The van der Waals surface area contributed by atoms with Crippen LogP contribution < -0.4 is 20.1 Å². The number of hydrogen-bond donors (Lipinski definition) is 2.